The highest BCUT2D eigenvalue weighted by atomic mass is 19.1. The number of hydrogen-bond acceptors (Lipinski definition) is 2. The van der Waals surface area contributed by atoms with Crippen LogP contribution >= 0.6 is 0 Å². The van der Waals surface area contributed by atoms with Gasteiger partial charge in [-0.3, -0.25) is 0 Å². The molecule has 1 N–H and O–H groups in total. The summed E-state index contributed by atoms with van der Waals surface area (Å²) < 4.78 is 18.7. The molecule has 0 saturated heterocycles. The lowest BCUT2D eigenvalue weighted by Crippen LogP contribution is -1.98. The molecule has 0 spiro atoms. The number of ether oxygens (including phenoxy) is 1. The van der Waals surface area contributed by atoms with Gasteiger partial charge in [-0.25, -0.2) is 4.39 Å². The van der Waals surface area contributed by atoms with Crippen molar-refractivity contribution in [3.05, 3.63) is 65.0 Å². The maximum atomic E-state index is 13.0. The number of aliphatic hydroxyl groups excluding tert-OH is 1. The van der Waals surface area contributed by atoms with Gasteiger partial charge < -0.3 is 9.84 Å². The average Bonchev–Trinajstić information content (AvgIpc) is 2.45. The highest BCUT2D eigenvalue weighted by molar-refractivity contribution is 5.40. The number of hydrogen-bond donors (Lipinski definition) is 1. The van der Waals surface area contributed by atoms with Crippen LogP contribution in [0.15, 0.2) is 42.5 Å². The summed E-state index contributed by atoms with van der Waals surface area (Å²) in [5.41, 5.74) is 2.59. The average molecular weight is 270 g/mol. The van der Waals surface area contributed by atoms with Gasteiger partial charge in [-0.05, 0) is 48.4 Å². The van der Waals surface area contributed by atoms with Crippen molar-refractivity contribution in [2.45, 2.75) is 13.5 Å². The molecule has 102 valence electrons. The molecule has 0 heterocycles. The minimum absolute atomic E-state index is 0.167. The molecule has 0 saturated carbocycles. The molecule has 2 rings (SSSR count). The molecular formula is C17H15FO2. The molecule has 3 heteroatoms. The zero-order chi connectivity index (χ0) is 14.4. The van der Waals surface area contributed by atoms with E-state index in [9.17, 15) is 4.39 Å². The standard InChI is InChI=1S/C17H15FO2/c1-13-10-16(18)8-7-15(13)12-20-17-6-2-4-14(11-17)5-3-9-19/h2,4,6-8,10-11,19H,9,12H2,1H3. The van der Waals surface area contributed by atoms with Crippen LogP contribution in [0.5, 0.6) is 5.75 Å². The summed E-state index contributed by atoms with van der Waals surface area (Å²) in [5.74, 6) is 5.86. The minimum atomic E-state index is -0.243. The van der Waals surface area contributed by atoms with Crippen LogP contribution in [0.3, 0.4) is 0 Å². The number of rotatable bonds is 3. The zero-order valence-electron chi connectivity index (χ0n) is 11.2. The molecule has 2 nitrogen and oxygen atoms in total. The second-order valence-electron chi connectivity index (χ2n) is 4.35. The Hall–Kier alpha value is -2.31. The van der Waals surface area contributed by atoms with Crippen LogP contribution < -0.4 is 4.74 Å². The second kappa shape index (κ2) is 6.74. The van der Waals surface area contributed by atoms with Crippen LogP contribution in [0.2, 0.25) is 0 Å². The Bertz CT molecular complexity index is 654. The van der Waals surface area contributed by atoms with E-state index in [0.29, 0.717) is 12.4 Å². The van der Waals surface area contributed by atoms with Gasteiger partial charge >= 0.3 is 0 Å². The van der Waals surface area contributed by atoms with Crippen molar-refractivity contribution in [3.63, 3.8) is 0 Å². The van der Waals surface area contributed by atoms with Gasteiger partial charge in [0.15, 0.2) is 0 Å². The molecule has 2 aromatic carbocycles. The first-order valence-corrected chi connectivity index (χ1v) is 6.26. The summed E-state index contributed by atoms with van der Waals surface area (Å²) in [5, 5.41) is 8.67. The lowest BCUT2D eigenvalue weighted by atomic mass is 10.1. The third-order valence-electron chi connectivity index (χ3n) is 2.84. The molecule has 2 aromatic rings. The summed E-state index contributed by atoms with van der Waals surface area (Å²) >= 11 is 0. The molecule has 0 amide bonds. The first kappa shape index (κ1) is 14.1. The summed E-state index contributed by atoms with van der Waals surface area (Å²) in [6, 6.07) is 12.0. The van der Waals surface area contributed by atoms with Crippen LogP contribution in [-0.2, 0) is 6.61 Å². The smallest absolute Gasteiger partial charge is 0.123 e. The van der Waals surface area contributed by atoms with Crippen LogP contribution in [0.25, 0.3) is 0 Å². The lowest BCUT2D eigenvalue weighted by molar-refractivity contribution is 0.305. The Kier molecular flexibility index (Phi) is 4.75. The third-order valence-corrected chi connectivity index (χ3v) is 2.84. The molecule has 0 aromatic heterocycles. The quantitative estimate of drug-likeness (QED) is 0.869. The van der Waals surface area contributed by atoms with Gasteiger partial charge in [-0.15, -0.1) is 0 Å². The first-order valence-electron chi connectivity index (χ1n) is 6.26. The van der Waals surface area contributed by atoms with Crippen molar-refractivity contribution < 1.29 is 14.2 Å². The molecule has 20 heavy (non-hydrogen) atoms. The summed E-state index contributed by atoms with van der Waals surface area (Å²) in [6.07, 6.45) is 0. The number of halogens is 1. The SMILES string of the molecule is Cc1cc(F)ccc1COc1cccc(C#CCO)c1. The Morgan fingerprint density at radius 2 is 2.05 bits per heavy atom. The number of benzene rings is 2. The normalized spacial score (nSPS) is 9.75. The van der Waals surface area contributed by atoms with Gasteiger partial charge in [0.05, 0.1) is 0 Å². The van der Waals surface area contributed by atoms with E-state index in [1.165, 1.54) is 12.1 Å². The Balaban J connectivity index is 2.07. The van der Waals surface area contributed by atoms with Gasteiger partial charge in [0, 0.05) is 5.56 Å². The highest BCUT2D eigenvalue weighted by Crippen LogP contribution is 2.17. The molecule has 0 aliphatic rings. The number of aliphatic hydroxyl groups is 1. The van der Waals surface area contributed by atoms with Crippen LogP contribution in [0.4, 0.5) is 4.39 Å². The van der Waals surface area contributed by atoms with Crippen molar-refractivity contribution >= 4 is 0 Å². The van der Waals surface area contributed by atoms with Crippen LogP contribution in [-0.4, -0.2) is 11.7 Å². The minimum Gasteiger partial charge on any atom is -0.489 e. The van der Waals surface area contributed by atoms with Gasteiger partial charge in [0.2, 0.25) is 0 Å². The van der Waals surface area contributed by atoms with E-state index < -0.39 is 0 Å². The lowest BCUT2D eigenvalue weighted by Gasteiger charge is -2.09. The first-order chi connectivity index (χ1) is 9.69. The Morgan fingerprint density at radius 3 is 2.80 bits per heavy atom. The van der Waals surface area contributed by atoms with Crippen molar-refractivity contribution in [1.29, 1.82) is 0 Å². The maximum absolute atomic E-state index is 13.0. The van der Waals surface area contributed by atoms with E-state index in [1.54, 1.807) is 6.07 Å². The monoisotopic (exact) mass is 270 g/mol. The van der Waals surface area contributed by atoms with E-state index in [1.807, 2.05) is 31.2 Å². The molecular weight excluding hydrogens is 255 g/mol. The van der Waals surface area contributed by atoms with Gasteiger partial charge in [0.1, 0.15) is 24.8 Å². The fraction of sp³-hybridized carbons (Fsp3) is 0.176. The Morgan fingerprint density at radius 1 is 1.20 bits per heavy atom. The molecule has 0 fully saturated rings. The van der Waals surface area contributed by atoms with Crippen molar-refractivity contribution in [1.82, 2.24) is 0 Å². The van der Waals surface area contributed by atoms with Crippen molar-refractivity contribution in [2.75, 3.05) is 6.61 Å². The summed E-state index contributed by atoms with van der Waals surface area (Å²) in [4.78, 5) is 0. The highest BCUT2D eigenvalue weighted by Gasteiger charge is 2.02. The third kappa shape index (κ3) is 3.84. The van der Waals surface area contributed by atoms with E-state index in [-0.39, 0.29) is 12.4 Å². The Labute approximate surface area is 117 Å². The van der Waals surface area contributed by atoms with Crippen molar-refractivity contribution in [2.24, 2.45) is 0 Å². The topological polar surface area (TPSA) is 29.5 Å². The van der Waals surface area contributed by atoms with E-state index >= 15 is 0 Å². The van der Waals surface area contributed by atoms with E-state index in [2.05, 4.69) is 11.8 Å². The molecule has 0 bridgehead atoms. The van der Waals surface area contributed by atoms with Crippen molar-refractivity contribution in [3.8, 4) is 17.6 Å². The fourth-order valence-electron chi connectivity index (χ4n) is 1.79. The van der Waals surface area contributed by atoms with E-state index in [4.69, 9.17) is 9.84 Å². The predicted molar refractivity (Wildman–Crippen MR) is 75.9 cm³/mol. The summed E-state index contributed by atoms with van der Waals surface area (Å²) in [6.45, 7) is 2.06. The molecule has 0 aliphatic heterocycles. The molecule has 0 aliphatic carbocycles. The largest absolute Gasteiger partial charge is 0.489 e. The predicted octanol–water partition coefficient (Wildman–Crippen LogP) is 3.06. The van der Waals surface area contributed by atoms with Gasteiger partial charge in [-0.2, -0.15) is 0 Å². The van der Waals surface area contributed by atoms with E-state index in [0.717, 1.165) is 16.7 Å². The molecule has 0 unspecified atom stereocenters. The second-order valence-corrected chi connectivity index (χ2v) is 4.35. The summed E-state index contributed by atoms with van der Waals surface area (Å²) in [7, 11) is 0. The van der Waals surface area contributed by atoms with Gasteiger partial charge in [-0.1, -0.05) is 24.0 Å². The zero-order valence-corrected chi connectivity index (χ0v) is 11.2. The van der Waals surface area contributed by atoms with Gasteiger partial charge in [0.25, 0.3) is 0 Å². The molecule has 0 atom stereocenters. The molecule has 0 radical (unpaired) electrons. The van der Waals surface area contributed by atoms with Crippen LogP contribution in [0.1, 0.15) is 16.7 Å². The maximum Gasteiger partial charge on any atom is 0.123 e. The van der Waals surface area contributed by atoms with Crippen LogP contribution in [0, 0.1) is 24.6 Å². The fourth-order valence-corrected chi connectivity index (χ4v) is 1.79. The number of aryl methyl sites for hydroxylation is 1.